The Morgan fingerprint density at radius 1 is 1.18 bits per heavy atom. The van der Waals surface area contributed by atoms with E-state index in [1.54, 1.807) is 7.11 Å². The van der Waals surface area contributed by atoms with Crippen molar-refractivity contribution in [1.82, 2.24) is 0 Å². The van der Waals surface area contributed by atoms with Crippen molar-refractivity contribution in [2.45, 2.75) is 45.8 Å². The van der Waals surface area contributed by atoms with Gasteiger partial charge in [-0.15, -0.1) is 0 Å². The van der Waals surface area contributed by atoms with Crippen molar-refractivity contribution in [1.29, 1.82) is 0 Å². The summed E-state index contributed by atoms with van der Waals surface area (Å²) in [5.74, 6) is 1.42. The molecule has 0 N–H and O–H groups in total. The van der Waals surface area contributed by atoms with Gasteiger partial charge in [0, 0.05) is 5.75 Å². The van der Waals surface area contributed by atoms with Gasteiger partial charge >= 0.3 is 7.12 Å². The predicted octanol–water partition coefficient (Wildman–Crippen LogP) is 3.95. The molecule has 1 aliphatic rings. The van der Waals surface area contributed by atoms with Crippen LogP contribution in [0.3, 0.4) is 0 Å². The van der Waals surface area contributed by atoms with Crippen molar-refractivity contribution in [3.8, 4) is 5.75 Å². The van der Waals surface area contributed by atoms with Crippen molar-refractivity contribution in [3.63, 3.8) is 0 Å². The number of ether oxygens (including phenoxy) is 1. The number of thiol groups is 1. The van der Waals surface area contributed by atoms with Gasteiger partial charge in [-0.3, -0.25) is 0 Å². The van der Waals surface area contributed by atoms with E-state index >= 15 is 0 Å². The summed E-state index contributed by atoms with van der Waals surface area (Å²) in [6.07, 6.45) is 2.07. The number of rotatable bonds is 4. The fourth-order valence-corrected chi connectivity index (χ4v) is 2.61. The molecule has 1 aliphatic heterocycles. The molecule has 1 saturated heterocycles. The second-order valence-corrected chi connectivity index (χ2v) is 7.07. The maximum absolute atomic E-state index is 6.11. The SMILES string of the molecule is COc1cc(C)cc(C=C(CS)B2OC(C)(C)C(C)(C)O2)c1. The van der Waals surface area contributed by atoms with Crippen LogP contribution in [0.1, 0.15) is 38.8 Å². The van der Waals surface area contributed by atoms with Gasteiger partial charge in [-0.05, 0) is 63.4 Å². The molecule has 1 fully saturated rings. The third kappa shape index (κ3) is 3.53. The lowest BCUT2D eigenvalue weighted by atomic mass is 9.78. The number of benzene rings is 1. The smallest absolute Gasteiger partial charge is 0.491 e. The standard InChI is InChI=1S/C17H25BO3S/c1-12-7-13(10-15(8-12)19-6)9-14(11-22)18-20-16(2,3)17(4,5)21-18/h7-10,22H,11H2,1-6H3. The Balaban J connectivity index is 2.31. The molecule has 120 valence electrons. The number of hydrogen-bond acceptors (Lipinski definition) is 4. The average Bonchev–Trinajstić information content (AvgIpc) is 2.64. The van der Waals surface area contributed by atoms with Crippen molar-refractivity contribution in [2.24, 2.45) is 0 Å². The van der Waals surface area contributed by atoms with Crippen LogP contribution >= 0.6 is 12.6 Å². The zero-order valence-electron chi connectivity index (χ0n) is 14.3. The zero-order valence-corrected chi connectivity index (χ0v) is 15.2. The van der Waals surface area contributed by atoms with Crippen LogP contribution in [0.5, 0.6) is 5.75 Å². The van der Waals surface area contributed by atoms with Crippen molar-refractivity contribution >= 4 is 25.8 Å². The fraction of sp³-hybridized carbons (Fsp3) is 0.529. The molecule has 0 aromatic heterocycles. The average molecular weight is 320 g/mol. The van der Waals surface area contributed by atoms with Crippen LogP contribution in [0.15, 0.2) is 23.7 Å². The summed E-state index contributed by atoms with van der Waals surface area (Å²) < 4.78 is 17.5. The van der Waals surface area contributed by atoms with E-state index in [0.29, 0.717) is 5.75 Å². The third-order valence-electron chi connectivity index (χ3n) is 4.40. The first-order chi connectivity index (χ1) is 10.2. The first-order valence-corrected chi connectivity index (χ1v) is 8.14. The van der Waals surface area contributed by atoms with Crippen molar-refractivity contribution < 1.29 is 14.0 Å². The molecule has 0 bridgehead atoms. The van der Waals surface area contributed by atoms with Gasteiger partial charge in [0.15, 0.2) is 0 Å². The first kappa shape index (κ1) is 17.4. The Labute approximate surface area is 139 Å². The van der Waals surface area contributed by atoms with Gasteiger partial charge < -0.3 is 14.0 Å². The molecular formula is C17H25BO3S. The Bertz CT molecular complexity index is 565. The molecule has 1 aromatic rings. The molecule has 0 radical (unpaired) electrons. The van der Waals surface area contributed by atoms with Gasteiger partial charge in [0.05, 0.1) is 18.3 Å². The molecule has 2 rings (SSSR count). The molecule has 0 atom stereocenters. The van der Waals surface area contributed by atoms with Crippen LogP contribution in [0.2, 0.25) is 0 Å². The first-order valence-electron chi connectivity index (χ1n) is 7.51. The van der Waals surface area contributed by atoms with E-state index < -0.39 is 0 Å². The highest BCUT2D eigenvalue weighted by atomic mass is 32.1. The lowest BCUT2D eigenvalue weighted by Crippen LogP contribution is -2.41. The molecule has 22 heavy (non-hydrogen) atoms. The molecular weight excluding hydrogens is 295 g/mol. The minimum atomic E-state index is -0.367. The van der Waals surface area contributed by atoms with Gasteiger partial charge in [0.1, 0.15) is 5.75 Å². The molecule has 0 unspecified atom stereocenters. The molecule has 1 aromatic carbocycles. The lowest BCUT2D eigenvalue weighted by Gasteiger charge is -2.32. The minimum Gasteiger partial charge on any atom is -0.497 e. The van der Waals surface area contributed by atoms with E-state index in [0.717, 1.165) is 22.3 Å². The van der Waals surface area contributed by atoms with E-state index in [2.05, 4.69) is 59.4 Å². The van der Waals surface area contributed by atoms with Crippen LogP contribution in [-0.2, 0) is 9.31 Å². The molecule has 0 aliphatic carbocycles. The van der Waals surface area contributed by atoms with Crippen LogP contribution in [-0.4, -0.2) is 31.2 Å². The summed E-state index contributed by atoms with van der Waals surface area (Å²) in [5.41, 5.74) is 2.54. The minimum absolute atomic E-state index is 0.343. The monoisotopic (exact) mass is 320 g/mol. The zero-order chi connectivity index (χ0) is 16.5. The highest BCUT2D eigenvalue weighted by Crippen LogP contribution is 2.39. The van der Waals surface area contributed by atoms with E-state index in [4.69, 9.17) is 14.0 Å². The second kappa shape index (κ2) is 6.30. The van der Waals surface area contributed by atoms with Crippen LogP contribution in [0, 0.1) is 6.92 Å². The summed E-state index contributed by atoms with van der Waals surface area (Å²) in [6, 6.07) is 6.12. The maximum atomic E-state index is 6.11. The number of methoxy groups -OCH3 is 1. The second-order valence-electron chi connectivity index (χ2n) is 6.75. The molecule has 5 heteroatoms. The summed E-state index contributed by atoms with van der Waals surface area (Å²) >= 11 is 4.45. The Morgan fingerprint density at radius 3 is 2.27 bits per heavy atom. The van der Waals surface area contributed by atoms with Crippen molar-refractivity contribution in [3.05, 3.63) is 34.8 Å². The van der Waals surface area contributed by atoms with Crippen LogP contribution in [0.4, 0.5) is 0 Å². The highest BCUT2D eigenvalue weighted by Gasteiger charge is 2.52. The summed E-state index contributed by atoms with van der Waals surface area (Å²) in [4.78, 5) is 0. The van der Waals surface area contributed by atoms with Gasteiger partial charge in [-0.2, -0.15) is 12.6 Å². The summed E-state index contributed by atoms with van der Waals surface area (Å²) in [7, 11) is 1.31. The summed E-state index contributed by atoms with van der Waals surface area (Å²) in [5, 5.41) is 0. The molecule has 3 nitrogen and oxygen atoms in total. The molecule has 0 spiro atoms. The number of hydrogen-bond donors (Lipinski definition) is 1. The van der Waals surface area contributed by atoms with Gasteiger partial charge in [-0.25, -0.2) is 0 Å². The van der Waals surface area contributed by atoms with Gasteiger partial charge in [0.2, 0.25) is 0 Å². The lowest BCUT2D eigenvalue weighted by molar-refractivity contribution is 0.00578. The van der Waals surface area contributed by atoms with Crippen molar-refractivity contribution in [2.75, 3.05) is 12.9 Å². The third-order valence-corrected chi connectivity index (χ3v) is 4.76. The quantitative estimate of drug-likeness (QED) is 0.672. The number of aryl methyl sites for hydroxylation is 1. The molecule has 1 heterocycles. The fourth-order valence-electron chi connectivity index (χ4n) is 2.37. The Kier molecular flexibility index (Phi) is 5.00. The normalized spacial score (nSPS) is 20.3. The Morgan fingerprint density at radius 2 is 1.77 bits per heavy atom. The highest BCUT2D eigenvalue weighted by molar-refractivity contribution is 7.80. The summed E-state index contributed by atoms with van der Waals surface area (Å²) in [6.45, 7) is 10.3. The predicted molar refractivity (Wildman–Crippen MR) is 95.6 cm³/mol. The van der Waals surface area contributed by atoms with E-state index in [1.807, 2.05) is 12.1 Å². The van der Waals surface area contributed by atoms with E-state index in [9.17, 15) is 0 Å². The molecule has 0 saturated carbocycles. The van der Waals surface area contributed by atoms with E-state index in [1.165, 1.54) is 0 Å². The van der Waals surface area contributed by atoms with Crippen LogP contribution < -0.4 is 4.74 Å². The maximum Gasteiger partial charge on any atom is 0.491 e. The van der Waals surface area contributed by atoms with Gasteiger partial charge in [-0.1, -0.05) is 12.1 Å². The van der Waals surface area contributed by atoms with Crippen LogP contribution in [0.25, 0.3) is 6.08 Å². The largest absolute Gasteiger partial charge is 0.497 e. The topological polar surface area (TPSA) is 27.7 Å². The van der Waals surface area contributed by atoms with E-state index in [-0.39, 0.29) is 18.3 Å². The molecule has 0 amide bonds. The Hall–Kier alpha value is -0.905. The van der Waals surface area contributed by atoms with Gasteiger partial charge in [0.25, 0.3) is 0 Å².